The highest BCUT2D eigenvalue weighted by molar-refractivity contribution is 8.00. The molecule has 1 aromatic rings. The fraction of sp³-hybridized carbons (Fsp3) is 0.385. The molecule has 0 saturated heterocycles. The van der Waals surface area contributed by atoms with E-state index in [9.17, 15) is 0 Å². The van der Waals surface area contributed by atoms with Crippen LogP contribution in [-0.2, 0) is 0 Å². The Hall–Kier alpha value is -0.730. The minimum atomic E-state index is 0.124. The van der Waals surface area contributed by atoms with Gasteiger partial charge in [-0.25, -0.2) is 0 Å². The predicted octanol–water partition coefficient (Wildman–Crippen LogP) is 3.35. The smallest absolute Gasteiger partial charge is 0.0612 e. The molecule has 0 fully saturated rings. The number of rotatable bonds is 5. The van der Waals surface area contributed by atoms with Gasteiger partial charge in [0.15, 0.2) is 0 Å². The van der Waals surface area contributed by atoms with Crippen LogP contribution >= 0.6 is 11.8 Å². The number of thioether (sulfide) groups is 1. The molecule has 0 aliphatic carbocycles. The fourth-order valence-electron chi connectivity index (χ4n) is 1.25. The second-order valence-electron chi connectivity index (χ2n) is 3.75. The molecule has 0 heterocycles. The topological polar surface area (TPSA) is 20.2 Å². The van der Waals surface area contributed by atoms with Crippen LogP contribution in [0.15, 0.2) is 47.4 Å². The van der Waals surface area contributed by atoms with Crippen molar-refractivity contribution in [1.29, 1.82) is 0 Å². The minimum Gasteiger partial charge on any atom is -0.392 e. The Morgan fingerprint density at radius 2 is 1.93 bits per heavy atom. The Morgan fingerprint density at radius 1 is 1.27 bits per heavy atom. The zero-order valence-electron chi connectivity index (χ0n) is 9.26. The van der Waals surface area contributed by atoms with E-state index >= 15 is 0 Å². The van der Waals surface area contributed by atoms with Crippen molar-refractivity contribution in [3.8, 4) is 0 Å². The highest BCUT2D eigenvalue weighted by Crippen LogP contribution is 2.28. The molecule has 0 bridgehead atoms. The summed E-state index contributed by atoms with van der Waals surface area (Å²) in [5, 5.41) is 9.20. The van der Waals surface area contributed by atoms with Gasteiger partial charge in [0, 0.05) is 10.1 Å². The maximum atomic E-state index is 8.77. The lowest BCUT2D eigenvalue weighted by molar-refractivity contribution is 0.342. The summed E-state index contributed by atoms with van der Waals surface area (Å²) in [6, 6.07) is 10.4. The van der Waals surface area contributed by atoms with Gasteiger partial charge in [0.05, 0.1) is 6.61 Å². The third-order valence-electron chi connectivity index (χ3n) is 2.10. The lowest BCUT2D eigenvalue weighted by Gasteiger charge is -2.16. The van der Waals surface area contributed by atoms with E-state index in [2.05, 4.69) is 44.2 Å². The van der Waals surface area contributed by atoms with E-state index in [1.54, 1.807) is 0 Å². The highest BCUT2D eigenvalue weighted by Gasteiger charge is 2.10. The SMILES string of the molecule is CC(C)C(/C=C\CO)Sc1ccccc1. The number of hydrogen-bond acceptors (Lipinski definition) is 2. The van der Waals surface area contributed by atoms with Crippen LogP contribution in [0.3, 0.4) is 0 Å². The third-order valence-corrected chi connectivity index (χ3v) is 3.62. The second-order valence-corrected chi connectivity index (χ2v) is 5.00. The fourth-order valence-corrected chi connectivity index (χ4v) is 2.34. The number of aliphatic hydroxyl groups is 1. The first-order valence-corrected chi connectivity index (χ1v) is 6.11. The predicted molar refractivity (Wildman–Crippen MR) is 67.2 cm³/mol. The first-order valence-electron chi connectivity index (χ1n) is 5.23. The molecule has 1 nitrogen and oxygen atoms in total. The van der Waals surface area contributed by atoms with Gasteiger partial charge in [-0.3, -0.25) is 0 Å². The van der Waals surface area contributed by atoms with Gasteiger partial charge in [-0.15, -0.1) is 11.8 Å². The standard InChI is InChI=1S/C13H18OS/c1-11(2)13(9-6-10-14)15-12-7-4-3-5-8-12/h3-9,11,13-14H,10H2,1-2H3/b9-6-. The van der Waals surface area contributed by atoms with Crippen LogP contribution in [0.5, 0.6) is 0 Å². The Morgan fingerprint density at radius 3 is 2.47 bits per heavy atom. The maximum Gasteiger partial charge on any atom is 0.0612 e. The summed E-state index contributed by atoms with van der Waals surface area (Å²) in [7, 11) is 0. The van der Waals surface area contributed by atoms with Crippen molar-refractivity contribution >= 4 is 11.8 Å². The number of aliphatic hydroxyl groups excluding tert-OH is 1. The minimum absolute atomic E-state index is 0.124. The lowest BCUT2D eigenvalue weighted by atomic mass is 10.1. The molecule has 0 aliphatic heterocycles. The van der Waals surface area contributed by atoms with Crippen LogP contribution < -0.4 is 0 Å². The number of benzene rings is 1. The molecule has 1 unspecified atom stereocenters. The number of hydrogen-bond donors (Lipinski definition) is 1. The Bertz CT molecular complexity index is 293. The molecule has 1 aromatic carbocycles. The van der Waals surface area contributed by atoms with Crippen molar-refractivity contribution in [3.63, 3.8) is 0 Å². The van der Waals surface area contributed by atoms with Crippen molar-refractivity contribution in [2.45, 2.75) is 24.0 Å². The van der Waals surface area contributed by atoms with Gasteiger partial charge in [-0.2, -0.15) is 0 Å². The second kappa shape index (κ2) is 6.70. The summed E-state index contributed by atoms with van der Waals surface area (Å²) in [6.07, 6.45) is 3.91. The summed E-state index contributed by atoms with van der Waals surface area (Å²) < 4.78 is 0. The molecule has 1 N–H and O–H groups in total. The summed E-state index contributed by atoms with van der Waals surface area (Å²) in [6.45, 7) is 4.52. The molecule has 0 radical (unpaired) electrons. The monoisotopic (exact) mass is 222 g/mol. The third kappa shape index (κ3) is 4.54. The Kier molecular flexibility index (Phi) is 5.51. The van der Waals surface area contributed by atoms with E-state index in [0.29, 0.717) is 11.2 Å². The van der Waals surface area contributed by atoms with Crippen molar-refractivity contribution in [2.24, 2.45) is 5.92 Å². The van der Waals surface area contributed by atoms with Gasteiger partial charge in [-0.1, -0.05) is 44.2 Å². The molecule has 1 rings (SSSR count). The molecule has 1 atom stereocenters. The molecule has 0 aliphatic rings. The van der Waals surface area contributed by atoms with Crippen LogP contribution in [0.2, 0.25) is 0 Å². The van der Waals surface area contributed by atoms with Gasteiger partial charge in [0.1, 0.15) is 0 Å². The molecular formula is C13H18OS. The van der Waals surface area contributed by atoms with E-state index in [1.165, 1.54) is 4.90 Å². The molecule has 15 heavy (non-hydrogen) atoms. The van der Waals surface area contributed by atoms with Gasteiger partial charge in [0.25, 0.3) is 0 Å². The van der Waals surface area contributed by atoms with Crippen molar-refractivity contribution < 1.29 is 5.11 Å². The summed E-state index contributed by atoms with van der Waals surface area (Å²) in [5.74, 6) is 0.568. The van der Waals surface area contributed by atoms with Crippen LogP contribution in [0.25, 0.3) is 0 Å². The van der Waals surface area contributed by atoms with Crippen molar-refractivity contribution in [3.05, 3.63) is 42.5 Å². The molecular weight excluding hydrogens is 204 g/mol. The Balaban J connectivity index is 2.63. The Labute approximate surface area is 96.2 Å². The zero-order valence-corrected chi connectivity index (χ0v) is 10.1. The van der Waals surface area contributed by atoms with E-state index in [-0.39, 0.29) is 6.61 Å². The van der Waals surface area contributed by atoms with Gasteiger partial charge < -0.3 is 5.11 Å². The van der Waals surface area contributed by atoms with Gasteiger partial charge >= 0.3 is 0 Å². The summed E-state index contributed by atoms with van der Waals surface area (Å²) >= 11 is 1.84. The van der Waals surface area contributed by atoms with E-state index in [0.717, 1.165) is 0 Å². The molecule has 0 amide bonds. The molecule has 2 heteroatoms. The van der Waals surface area contributed by atoms with Crippen molar-refractivity contribution in [1.82, 2.24) is 0 Å². The first-order chi connectivity index (χ1) is 7.24. The maximum absolute atomic E-state index is 8.77. The highest BCUT2D eigenvalue weighted by atomic mass is 32.2. The molecule has 0 saturated carbocycles. The summed E-state index contributed by atoms with van der Waals surface area (Å²) in [4.78, 5) is 1.28. The van der Waals surface area contributed by atoms with Gasteiger partial charge in [0.2, 0.25) is 0 Å². The molecule has 0 aromatic heterocycles. The average molecular weight is 222 g/mol. The molecule has 0 spiro atoms. The van der Waals surface area contributed by atoms with E-state index in [4.69, 9.17) is 5.11 Å². The first kappa shape index (κ1) is 12.3. The van der Waals surface area contributed by atoms with Crippen LogP contribution in [0.1, 0.15) is 13.8 Å². The van der Waals surface area contributed by atoms with Crippen LogP contribution in [0.4, 0.5) is 0 Å². The van der Waals surface area contributed by atoms with E-state index in [1.807, 2.05) is 23.9 Å². The van der Waals surface area contributed by atoms with Gasteiger partial charge in [-0.05, 0) is 18.1 Å². The van der Waals surface area contributed by atoms with Crippen LogP contribution in [0, 0.1) is 5.92 Å². The van der Waals surface area contributed by atoms with E-state index < -0.39 is 0 Å². The van der Waals surface area contributed by atoms with Crippen molar-refractivity contribution in [2.75, 3.05) is 6.61 Å². The lowest BCUT2D eigenvalue weighted by Crippen LogP contribution is -2.07. The average Bonchev–Trinajstić information content (AvgIpc) is 2.25. The zero-order chi connectivity index (χ0) is 11.1. The molecule has 82 valence electrons. The van der Waals surface area contributed by atoms with Crippen LogP contribution in [-0.4, -0.2) is 17.0 Å². The largest absolute Gasteiger partial charge is 0.392 e. The normalized spacial score (nSPS) is 13.6. The quantitative estimate of drug-likeness (QED) is 0.609. The summed E-state index contributed by atoms with van der Waals surface area (Å²) in [5.41, 5.74) is 0.